The predicted molar refractivity (Wildman–Crippen MR) is 82.9 cm³/mol. The lowest BCUT2D eigenvalue weighted by Crippen LogP contribution is -2.41. The van der Waals surface area contributed by atoms with Crippen LogP contribution < -0.4 is 10.9 Å². The number of halogens is 1. The molecule has 4 nitrogen and oxygen atoms in total. The highest BCUT2D eigenvalue weighted by Crippen LogP contribution is 2.21. The van der Waals surface area contributed by atoms with Crippen LogP contribution in [0.25, 0.3) is 0 Å². The molecule has 0 spiro atoms. The van der Waals surface area contributed by atoms with Gasteiger partial charge in [0.05, 0.1) is 8.66 Å². The number of amides is 2. The van der Waals surface area contributed by atoms with E-state index >= 15 is 0 Å². The zero-order valence-electron chi connectivity index (χ0n) is 11.0. The third-order valence-corrected chi connectivity index (χ3v) is 4.34. The average Bonchev–Trinajstić information content (AvgIpc) is 2.82. The number of carbonyl (C=O) groups is 2. The van der Waals surface area contributed by atoms with Crippen LogP contribution in [0.3, 0.4) is 0 Å². The molecule has 2 N–H and O–H groups in total. The van der Waals surface area contributed by atoms with Crippen LogP contribution in [0.2, 0.25) is 0 Å². The lowest BCUT2D eigenvalue weighted by molar-refractivity contribution is 0.0848. The summed E-state index contributed by atoms with van der Waals surface area (Å²) in [7, 11) is 0. The van der Waals surface area contributed by atoms with Gasteiger partial charge in [0.2, 0.25) is 0 Å². The highest BCUT2D eigenvalue weighted by molar-refractivity contribution is 9.11. The number of thiophene rings is 1. The normalized spacial score (nSPS) is 10.2. The van der Waals surface area contributed by atoms with Gasteiger partial charge in [-0.1, -0.05) is 17.7 Å². The van der Waals surface area contributed by atoms with Crippen LogP contribution in [0.4, 0.5) is 0 Å². The monoisotopic (exact) mass is 352 g/mol. The minimum atomic E-state index is -0.334. The fourth-order valence-electron chi connectivity index (χ4n) is 1.75. The minimum Gasteiger partial charge on any atom is -0.267 e. The zero-order valence-corrected chi connectivity index (χ0v) is 13.4. The number of nitrogens with one attached hydrogen (secondary N) is 2. The molecule has 0 unspecified atom stereocenters. The quantitative estimate of drug-likeness (QED) is 0.815. The molecule has 0 saturated heterocycles. The average molecular weight is 353 g/mol. The van der Waals surface area contributed by atoms with E-state index in [-0.39, 0.29) is 11.8 Å². The van der Waals surface area contributed by atoms with Crippen LogP contribution in [0, 0.1) is 13.8 Å². The van der Waals surface area contributed by atoms with E-state index in [0.29, 0.717) is 10.4 Å². The fraction of sp³-hybridized carbons (Fsp3) is 0.143. The van der Waals surface area contributed by atoms with Gasteiger partial charge in [0.15, 0.2) is 0 Å². The molecule has 2 rings (SSSR count). The molecule has 6 heteroatoms. The molecule has 20 heavy (non-hydrogen) atoms. The molecule has 104 valence electrons. The van der Waals surface area contributed by atoms with Crippen molar-refractivity contribution >= 4 is 39.1 Å². The lowest BCUT2D eigenvalue weighted by Gasteiger charge is -2.09. The summed E-state index contributed by atoms with van der Waals surface area (Å²) in [4.78, 5) is 24.3. The van der Waals surface area contributed by atoms with E-state index in [2.05, 4.69) is 26.8 Å². The third kappa shape index (κ3) is 3.46. The number of hydrogen-bond donors (Lipinski definition) is 2. The van der Waals surface area contributed by atoms with Crippen LogP contribution in [-0.4, -0.2) is 11.8 Å². The van der Waals surface area contributed by atoms with E-state index in [1.807, 2.05) is 26.0 Å². The summed E-state index contributed by atoms with van der Waals surface area (Å²) in [6.45, 7) is 3.82. The Labute approximate surface area is 129 Å². The van der Waals surface area contributed by atoms with Gasteiger partial charge in [-0.05, 0) is 53.5 Å². The van der Waals surface area contributed by atoms with Crippen LogP contribution >= 0.6 is 27.3 Å². The summed E-state index contributed by atoms with van der Waals surface area (Å²) in [6, 6.07) is 9.00. The SMILES string of the molecule is Cc1ccc(C(=O)NNC(=O)c2ccc(Br)s2)c(C)c1. The molecular weight excluding hydrogens is 340 g/mol. The van der Waals surface area contributed by atoms with E-state index in [0.717, 1.165) is 14.9 Å². The van der Waals surface area contributed by atoms with Gasteiger partial charge in [0.25, 0.3) is 11.8 Å². The molecule has 2 amide bonds. The second-order valence-corrected chi connectivity index (χ2v) is 6.79. The van der Waals surface area contributed by atoms with Gasteiger partial charge in [-0.25, -0.2) is 0 Å². The Morgan fingerprint density at radius 2 is 1.75 bits per heavy atom. The highest BCUT2D eigenvalue weighted by Gasteiger charge is 2.12. The first kappa shape index (κ1) is 14.7. The van der Waals surface area contributed by atoms with Crippen LogP contribution in [0.1, 0.15) is 31.2 Å². The molecule has 0 aliphatic heterocycles. The molecule has 2 aromatic rings. The largest absolute Gasteiger partial charge is 0.279 e. The van der Waals surface area contributed by atoms with Crippen molar-refractivity contribution in [2.75, 3.05) is 0 Å². The second kappa shape index (κ2) is 6.19. The molecule has 0 radical (unpaired) electrons. The van der Waals surface area contributed by atoms with E-state index in [9.17, 15) is 9.59 Å². The second-order valence-electron chi connectivity index (χ2n) is 4.33. The van der Waals surface area contributed by atoms with E-state index in [4.69, 9.17) is 0 Å². The van der Waals surface area contributed by atoms with Crippen LogP contribution in [0.15, 0.2) is 34.1 Å². The van der Waals surface area contributed by atoms with Crippen LogP contribution in [0.5, 0.6) is 0 Å². The summed E-state index contributed by atoms with van der Waals surface area (Å²) in [5.74, 6) is -0.662. The standard InChI is InChI=1S/C14H13BrN2O2S/c1-8-3-4-10(9(2)7-8)13(18)16-17-14(19)11-5-6-12(15)20-11/h3-7H,1-2H3,(H,16,18)(H,17,19). The topological polar surface area (TPSA) is 58.2 Å². The van der Waals surface area contributed by atoms with E-state index in [1.165, 1.54) is 11.3 Å². The molecule has 0 bridgehead atoms. The number of hydrogen-bond acceptors (Lipinski definition) is 3. The Kier molecular flexibility index (Phi) is 4.57. The van der Waals surface area contributed by atoms with E-state index < -0.39 is 0 Å². The maximum absolute atomic E-state index is 12.0. The number of aryl methyl sites for hydroxylation is 2. The van der Waals surface area contributed by atoms with E-state index in [1.54, 1.807) is 18.2 Å². The van der Waals surface area contributed by atoms with Crippen molar-refractivity contribution in [2.24, 2.45) is 0 Å². The molecule has 1 aromatic heterocycles. The number of rotatable bonds is 2. The smallest absolute Gasteiger partial charge is 0.267 e. The van der Waals surface area contributed by atoms with Gasteiger partial charge in [-0.15, -0.1) is 11.3 Å². The molecule has 1 aromatic carbocycles. The number of benzene rings is 1. The highest BCUT2D eigenvalue weighted by atomic mass is 79.9. The Morgan fingerprint density at radius 1 is 1.05 bits per heavy atom. The summed E-state index contributed by atoms with van der Waals surface area (Å²) >= 11 is 4.59. The van der Waals surface area contributed by atoms with Gasteiger partial charge >= 0.3 is 0 Å². The minimum absolute atomic E-state index is 0.327. The van der Waals surface area contributed by atoms with Crippen molar-refractivity contribution in [1.29, 1.82) is 0 Å². The predicted octanol–water partition coefficient (Wildman–Crippen LogP) is 3.20. The van der Waals surface area contributed by atoms with Gasteiger partial charge in [-0.3, -0.25) is 20.4 Å². The van der Waals surface area contributed by atoms with Crippen molar-refractivity contribution in [1.82, 2.24) is 10.9 Å². The molecule has 1 heterocycles. The van der Waals surface area contributed by atoms with Crippen LogP contribution in [-0.2, 0) is 0 Å². The Morgan fingerprint density at radius 3 is 2.35 bits per heavy atom. The number of hydrazine groups is 1. The lowest BCUT2D eigenvalue weighted by atomic mass is 10.1. The van der Waals surface area contributed by atoms with Crippen molar-refractivity contribution in [3.8, 4) is 0 Å². The molecular formula is C14H13BrN2O2S. The summed E-state index contributed by atoms with van der Waals surface area (Å²) in [5, 5.41) is 0. The third-order valence-electron chi connectivity index (χ3n) is 2.71. The number of carbonyl (C=O) groups excluding carboxylic acids is 2. The van der Waals surface area contributed by atoms with Gasteiger partial charge < -0.3 is 0 Å². The Balaban J connectivity index is 2.00. The molecule has 0 aliphatic rings. The Bertz CT molecular complexity index is 667. The fourth-order valence-corrected chi connectivity index (χ4v) is 3.03. The molecule has 0 atom stereocenters. The van der Waals surface area contributed by atoms with Gasteiger partial charge in [0.1, 0.15) is 0 Å². The van der Waals surface area contributed by atoms with Crippen molar-refractivity contribution in [3.63, 3.8) is 0 Å². The maximum atomic E-state index is 12.0. The first-order valence-electron chi connectivity index (χ1n) is 5.90. The summed E-state index contributed by atoms with van der Waals surface area (Å²) < 4.78 is 0.864. The Hall–Kier alpha value is -1.66. The molecule has 0 saturated carbocycles. The first-order chi connectivity index (χ1) is 9.47. The van der Waals surface area contributed by atoms with Gasteiger partial charge in [-0.2, -0.15) is 0 Å². The maximum Gasteiger partial charge on any atom is 0.279 e. The first-order valence-corrected chi connectivity index (χ1v) is 7.51. The van der Waals surface area contributed by atoms with Gasteiger partial charge in [0, 0.05) is 5.56 Å². The zero-order chi connectivity index (χ0) is 14.7. The summed E-state index contributed by atoms with van der Waals surface area (Å²) in [5.41, 5.74) is 7.33. The summed E-state index contributed by atoms with van der Waals surface area (Å²) in [6.07, 6.45) is 0. The van der Waals surface area contributed by atoms with Crippen molar-refractivity contribution in [2.45, 2.75) is 13.8 Å². The van der Waals surface area contributed by atoms with Crippen molar-refractivity contribution in [3.05, 3.63) is 55.7 Å². The molecule has 0 fully saturated rings. The van der Waals surface area contributed by atoms with Crippen molar-refractivity contribution < 1.29 is 9.59 Å². The molecule has 0 aliphatic carbocycles.